The summed E-state index contributed by atoms with van der Waals surface area (Å²) in [7, 11) is 0. The minimum Gasteiger partial charge on any atom is -0.394 e. The van der Waals surface area contributed by atoms with Crippen LogP contribution < -0.4 is 0 Å². The van der Waals surface area contributed by atoms with Gasteiger partial charge in [-0.15, -0.1) is 0 Å². The summed E-state index contributed by atoms with van der Waals surface area (Å²) in [6.07, 6.45) is 8.07. The van der Waals surface area contributed by atoms with Crippen LogP contribution in [0.1, 0.15) is 84.6 Å². The standard InChI is InChI=1S/C27H36O3/c1-3-6-24-25-8-5-7-23(25)20(13-19-11-9-18(4-2)10-12-19)14-26(24)27-16-21(29)15-22(17-28)30-27/h9-12,14,21-22,27-29H,3-8,13,15-17H2,1-2H3. The maximum Gasteiger partial charge on any atom is 0.0857 e. The fourth-order valence-electron chi connectivity index (χ4n) is 5.38. The molecule has 2 aromatic rings. The summed E-state index contributed by atoms with van der Waals surface area (Å²) in [5.41, 5.74) is 9.96. The molecule has 1 heterocycles. The van der Waals surface area contributed by atoms with E-state index in [1.165, 1.54) is 40.7 Å². The highest BCUT2D eigenvalue weighted by atomic mass is 16.5. The maximum atomic E-state index is 10.4. The van der Waals surface area contributed by atoms with Gasteiger partial charge in [0.2, 0.25) is 0 Å². The highest BCUT2D eigenvalue weighted by molar-refractivity contribution is 5.51. The normalized spacial score (nSPS) is 23.5. The van der Waals surface area contributed by atoms with Crippen molar-refractivity contribution in [3.63, 3.8) is 0 Å². The summed E-state index contributed by atoms with van der Waals surface area (Å²) in [6, 6.07) is 11.4. The highest BCUT2D eigenvalue weighted by Crippen LogP contribution is 2.40. The van der Waals surface area contributed by atoms with Crippen LogP contribution in [0.3, 0.4) is 0 Å². The molecule has 0 spiro atoms. The number of fused-ring (bicyclic) bond motifs is 1. The van der Waals surface area contributed by atoms with Crippen LogP contribution in [0, 0.1) is 0 Å². The summed E-state index contributed by atoms with van der Waals surface area (Å²) in [6.45, 7) is 4.40. The Morgan fingerprint density at radius 3 is 2.43 bits per heavy atom. The lowest BCUT2D eigenvalue weighted by molar-refractivity contribution is -0.114. The maximum absolute atomic E-state index is 10.4. The second-order valence-electron chi connectivity index (χ2n) is 9.07. The zero-order valence-corrected chi connectivity index (χ0v) is 18.5. The van der Waals surface area contributed by atoms with Crippen molar-refractivity contribution >= 4 is 0 Å². The molecule has 0 saturated carbocycles. The first-order chi connectivity index (χ1) is 14.6. The molecule has 3 unspecified atom stereocenters. The molecule has 3 heteroatoms. The van der Waals surface area contributed by atoms with E-state index in [4.69, 9.17) is 4.74 Å². The Morgan fingerprint density at radius 1 is 1.00 bits per heavy atom. The van der Waals surface area contributed by atoms with Gasteiger partial charge in [0.05, 0.1) is 24.9 Å². The molecule has 0 amide bonds. The number of hydrogen-bond donors (Lipinski definition) is 2. The molecule has 0 radical (unpaired) electrons. The molecule has 2 aliphatic rings. The van der Waals surface area contributed by atoms with Gasteiger partial charge < -0.3 is 14.9 Å². The molecule has 30 heavy (non-hydrogen) atoms. The molecule has 2 aromatic carbocycles. The van der Waals surface area contributed by atoms with Crippen molar-refractivity contribution < 1.29 is 14.9 Å². The molecule has 162 valence electrons. The Morgan fingerprint density at radius 2 is 1.73 bits per heavy atom. The van der Waals surface area contributed by atoms with E-state index in [0.717, 1.165) is 32.1 Å². The zero-order valence-electron chi connectivity index (χ0n) is 18.5. The summed E-state index contributed by atoms with van der Waals surface area (Å²) in [5, 5.41) is 20.1. The van der Waals surface area contributed by atoms with E-state index in [0.29, 0.717) is 12.8 Å². The van der Waals surface area contributed by atoms with Crippen molar-refractivity contribution in [2.45, 2.75) is 89.9 Å². The van der Waals surface area contributed by atoms with Crippen molar-refractivity contribution in [1.82, 2.24) is 0 Å². The van der Waals surface area contributed by atoms with Gasteiger partial charge in [0.1, 0.15) is 0 Å². The molecule has 3 nitrogen and oxygen atoms in total. The SMILES string of the molecule is CCCc1c(C2CC(O)CC(CO)O2)cc(Cc2ccc(CC)cc2)c2c1CCC2. The fourth-order valence-corrected chi connectivity index (χ4v) is 5.38. The van der Waals surface area contributed by atoms with Gasteiger partial charge in [0.15, 0.2) is 0 Å². The largest absolute Gasteiger partial charge is 0.394 e. The molecule has 1 fully saturated rings. The minimum absolute atomic E-state index is 0.0295. The Bertz CT molecular complexity index is 855. The second kappa shape index (κ2) is 9.64. The van der Waals surface area contributed by atoms with Gasteiger partial charge >= 0.3 is 0 Å². The quantitative estimate of drug-likeness (QED) is 0.688. The number of benzene rings is 2. The third kappa shape index (κ3) is 4.49. The molecule has 1 saturated heterocycles. The molecule has 1 aliphatic heterocycles. The zero-order chi connectivity index (χ0) is 21.1. The molecular formula is C27H36O3. The molecule has 0 bridgehead atoms. The predicted molar refractivity (Wildman–Crippen MR) is 121 cm³/mol. The van der Waals surface area contributed by atoms with Crippen LogP contribution in [-0.4, -0.2) is 29.0 Å². The van der Waals surface area contributed by atoms with Crippen molar-refractivity contribution in [1.29, 1.82) is 0 Å². The smallest absolute Gasteiger partial charge is 0.0857 e. The summed E-state index contributed by atoms with van der Waals surface area (Å²) in [4.78, 5) is 0. The van der Waals surface area contributed by atoms with Crippen LogP contribution in [0.15, 0.2) is 30.3 Å². The van der Waals surface area contributed by atoms with Gasteiger partial charge in [-0.05, 0) is 77.5 Å². The molecule has 0 aromatic heterocycles. The molecular weight excluding hydrogens is 372 g/mol. The van der Waals surface area contributed by atoms with E-state index >= 15 is 0 Å². The van der Waals surface area contributed by atoms with Crippen molar-refractivity contribution in [3.8, 4) is 0 Å². The summed E-state index contributed by atoms with van der Waals surface area (Å²) in [5.74, 6) is 0. The summed E-state index contributed by atoms with van der Waals surface area (Å²) < 4.78 is 6.26. The summed E-state index contributed by atoms with van der Waals surface area (Å²) >= 11 is 0. The monoisotopic (exact) mass is 408 g/mol. The van der Waals surface area contributed by atoms with E-state index < -0.39 is 6.10 Å². The first-order valence-electron chi connectivity index (χ1n) is 11.8. The Hall–Kier alpha value is -1.68. The van der Waals surface area contributed by atoms with E-state index in [9.17, 15) is 10.2 Å². The Kier molecular flexibility index (Phi) is 6.92. The van der Waals surface area contributed by atoms with Gasteiger partial charge in [-0.3, -0.25) is 0 Å². The topological polar surface area (TPSA) is 49.7 Å². The predicted octanol–water partition coefficient (Wildman–Crippen LogP) is 4.85. The van der Waals surface area contributed by atoms with E-state index in [1.54, 1.807) is 11.1 Å². The van der Waals surface area contributed by atoms with Gasteiger partial charge in [0.25, 0.3) is 0 Å². The molecule has 1 aliphatic carbocycles. The lowest BCUT2D eigenvalue weighted by Gasteiger charge is -2.34. The highest BCUT2D eigenvalue weighted by Gasteiger charge is 2.32. The third-order valence-corrected chi connectivity index (χ3v) is 6.90. The van der Waals surface area contributed by atoms with Crippen LogP contribution in [0.5, 0.6) is 0 Å². The number of rotatable bonds is 7. The number of hydrogen-bond acceptors (Lipinski definition) is 3. The first kappa shape index (κ1) is 21.5. The van der Waals surface area contributed by atoms with Crippen molar-refractivity contribution in [2.75, 3.05) is 6.61 Å². The average Bonchev–Trinajstić information content (AvgIpc) is 3.25. The van der Waals surface area contributed by atoms with Crippen molar-refractivity contribution in [2.24, 2.45) is 0 Å². The van der Waals surface area contributed by atoms with Crippen LogP contribution in [0.25, 0.3) is 0 Å². The Balaban J connectivity index is 1.73. The molecule has 2 N–H and O–H groups in total. The first-order valence-corrected chi connectivity index (χ1v) is 11.8. The lowest BCUT2D eigenvalue weighted by Crippen LogP contribution is -2.34. The van der Waals surface area contributed by atoms with Crippen LogP contribution >= 0.6 is 0 Å². The number of aryl methyl sites for hydroxylation is 1. The van der Waals surface area contributed by atoms with Gasteiger partial charge in [0, 0.05) is 12.8 Å². The number of aliphatic hydroxyl groups excluding tert-OH is 2. The van der Waals surface area contributed by atoms with Gasteiger partial charge in [-0.1, -0.05) is 50.6 Å². The minimum atomic E-state index is -0.409. The number of aliphatic hydroxyl groups is 2. The van der Waals surface area contributed by atoms with E-state index in [-0.39, 0.29) is 18.8 Å². The van der Waals surface area contributed by atoms with Gasteiger partial charge in [-0.25, -0.2) is 0 Å². The lowest BCUT2D eigenvalue weighted by atomic mass is 9.84. The van der Waals surface area contributed by atoms with Crippen molar-refractivity contribution in [3.05, 3.63) is 69.3 Å². The van der Waals surface area contributed by atoms with E-state index in [2.05, 4.69) is 44.2 Å². The molecule has 4 rings (SSSR count). The van der Waals surface area contributed by atoms with Crippen LogP contribution in [0.4, 0.5) is 0 Å². The second-order valence-corrected chi connectivity index (χ2v) is 9.07. The fraction of sp³-hybridized carbons (Fsp3) is 0.556. The molecule has 3 atom stereocenters. The van der Waals surface area contributed by atoms with Crippen LogP contribution in [0.2, 0.25) is 0 Å². The average molecular weight is 409 g/mol. The van der Waals surface area contributed by atoms with Gasteiger partial charge in [-0.2, -0.15) is 0 Å². The van der Waals surface area contributed by atoms with E-state index in [1.807, 2.05) is 0 Å². The van der Waals surface area contributed by atoms with Crippen LogP contribution in [-0.2, 0) is 36.8 Å². The third-order valence-electron chi connectivity index (χ3n) is 6.90. The Labute approximate surface area is 181 Å². The number of ether oxygens (including phenoxy) is 1.